The molecule has 0 saturated carbocycles. The van der Waals surface area contributed by atoms with Crippen LogP contribution in [0.4, 0.5) is 5.82 Å². The summed E-state index contributed by atoms with van der Waals surface area (Å²) in [6, 6.07) is 7.47. The summed E-state index contributed by atoms with van der Waals surface area (Å²) in [6.45, 7) is 2.11. The quantitative estimate of drug-likeness (QED) is 0.735. The predicted octanol–water partition coefficient (Wildman–Crippen LogP) is 2.99. The van der Waals surface area contributed by atoms with Crippen molar-refractivity contribution in [1.82, 2.24) is 15.1 Å². The number of furan rings is 1. The van der Waals surface area contributed by atoms with E-state index < -0.39 is 0 Å². The topological polar surface area (TPSA) is 68.2 Å². The Balaban J connectivity index is 1.65. The van der Waals surface area contributed by atoms with Crippen molar-refractivity contribution in [3.8, 4) is 23.0 Å². The highest BCUT2D eigenvalue weighted by atomic mass is 16.5. The lowest BCUT2D eigenvalue weighted by Gasteiger charge is -2.16. The Bertz CT molecular complexity index is 730. The molecule has 0 unspecified atom stereocenters. The Morgan fingerprint density at radius 3 is 2.86 bits per heavy atom. The highest BCUT2D eigenvalue weighted by Crippen LogP contribution is 2.25. The minimum atomic E-state index is 0.384. The zero-order chi connectivity index (χ0) is 14.1. The van der Waals surface area contributed by atoms with Gasteiger partial charge in [0.2, 0.25) is 5.82 Å². The van der Waals surface area contributed by atoms with Crippen molar-refractivity contribution in [2.45, 2.75) is 12.8 Å². The first-order chi connectivity index (χ1) is 10.4. The van der Waals surface area contributed by atoms with E-state index in [1.54, 1.807) is 24.6 Å². The molecule has 0 radical (unpaired) electrons. The number of aromatic nitrogens is 3. The monoisotopic (exact) mass is 282 g/mol. The molecular formula is C15H14N4O2. The van der Waals surface area contributed by atoms with Gasteiger partial charge in [-0.1, -0.05) is 5.16 Å². The van der Waals surface area contributed by atoms with Gasteiger partial charge < -0.3 is 13.8 Å². The molecule has 0 atom stereocenters. The van der Waals surface area contributed by atoms with E-state index >= 15 is 0 Å². The van der Waals surface area contributed by atoms with E-state index in [0.717, 1.165) is 24.5 Å². The first kappa shape index (κ1) is 12.1. The lowest BCUT2D eigenvalue weighted by Crippen LogP contribution is -2.18. The normalized spacial score (nSPS) is 14.8. The summed E-state index contributed by atoms with van der Waals surface area (Å²) in [4.78, 5) is 11.1. The third-order valence-corrected chi connectivity index (χ3v) is 3.59. The molecule has 0 spiro atoms. The van der Waals surface area contributed by atoms with E-state index in [2.05, 4.69) is 20.0 Å². The molecular weight excluding hydrogens is 268 g/mol. The van der Waals surface area contributed by atoms with E-state index in [-0.39, 0.29) is 0 Å². The molecule has 0 amide bonds. The van der Waals surface area contributed by atoms with Crippen LogP contribution in [0.15, 0.2) is 45.7 Å². The molecule has 0 N–H and O–H groups in total. The molecule has 0 aromatic carbocycles. The Morgan fingerprint density at radius 1 is 1.14 bits per heavy atom. The molecule has 21 heavy (non-hydrogen) atoms. The summed E-state index contributed by atoms with van der Waals surface area (Å²) in [5.41, 5.74) is 0.897. The summed E-state index contributed by atoms with van der Waals surface area (Å²) in [5.74, 6) is 2.47. The average Bonchev–Trinajstić information content (AvgIpc) is 3.26. The van der Waals surface area contributed by atoms with Crippen molar-refractivity contribution in [3.63, 3.8) is 0 Å². The van der Waals surface area contributed by atoms with Gasteiger partial charge in [0.1, 0.15) is 5.82 Å². The highest BCUT2D eigenvalue weighted by Gasteiger charge is 2.16. The fourth-order valence-electron chi connectivity index (χ4n) is 2.52. The summed E-state index contributed by atoms with van der Waals surface area (Å²) in [7, 11) is 0. The van der Waals surface area contributed by atoms with Crippen molar-refractivity contribution in [2.24, 2.45) is 0 Å². The van der Waals surface area contributed by atoms with Gasteiger partial charge in [0.15, 0.2) is 5.76 Å². The Kier molecular flexibility index (Phi) is 2.92. The van der Waals surface area contributed by atoms with Gasteiger partial charge in [0, 0.05) is 24.8 Å². The fourth-order valence-corrected chi connectivity index (χ4v) is 2.52. The second-order valence-corrected chi connectivity index (χ2v) is 5.00. The van der Waals surface area contributed by atoms with Gasteiger partial charge in [0.25, 0.3) is 5.89 Å². The van der Waals surface area contributed by atoms with Crippen molar-refractivity contribution in [2.75, 3.05) is 18.0 Å². The molecule has 4 rings (SSSR count). The Labute approximate surface area is 121 Å². The molecule has 1 saturated heterocycles. The van der Waals surface area contributed by atoms with Crippen molar-refractivity contribution in [3.05, 3.63) is 36.7 Å². The molecule has 106 valence electrons. The number of anilines is 1. The van der Waals surface area contributed by atoms with Crippen LogP contribution in [0.1, 0.15) is 12.8 Å². The maximum absolute atomic E-state index is 5.26. The van der Waals surface area contributed by atoms with Crippen molar-refractivity contribution >= 4 is 5.82 Å². The number of hydrogen-bond acceptors (Lipinski definition) is 6. The summed E-state index contributed by atoms with van der Waals surface area (Å²) in [5, 5.41) is 4.02. The van der Waals surface area contributed by atoms with Crippen molar-refractivity contribution < 1.29 is 8.94 Å². The van der Waals surface area contributed by atoms with Gasteiger partial charge in [-0.05, 0) is 37.1 Å². The molecule has 1 fully saturated rings. The summed E-state index contributed by atoms with van der Waals surface area (Å²) < 4.78 is 10.5. The number of pyridine rings is 1. The van der Waals surface area contributed by atoms with Crippen LogP contribution in [0, 0.1) is 0 Å². The third-order valence-electron chi connectivity index (χ3n) is 3.59. The molecule has 0 aliphatic carbocycles. The van der Waals surface area contributed by atoms with Crippen LogP contribution in [-0.4, -0.2) is 28.2 Å². The molecule has 4 heterocycles. The number of rotatable bonds is 3. The van der Waals surface area contributed by atoms with Crippen LogP contribution >= 0.6 is 0 Å². The van der Waals surface area contributed by atoms with Crippen LogP contribution in [0.5, 0.6) is 0 Å². The zero-order valence-electron chi connectivity index (χ0n) is 11.4. The number of hydrogen-bond donors (Lipinski definition) is 0. The van der Waals surface area contributed by atoms with Crippen LogP contribution in [0.25, 0.3) is 23.0 Å². The second-order valence-electron chi connectivity index (χ2n) is 5.00. The highest BCUT2D eigenvalue weighted by molar-refractivity contribution is 5.61. The van der Waals surface area contributed by atoms with Crippen LogP contribution < -0.4 is 4.90 Å². The van der Waals surface area contributed by atoms with Gasteiger partial charge in [-0.3, -0.25) is 0 Å². The van der Waals surface area contributed by atoms with E-state index in [4.69, 9.17) is 8.94 Å². The Hall–Kier alpha value is -2.63. The summed E-state index contributed by atoms with van der Waals surface area (Å²) >= 11 is 0. The minimum absolute atomic E-state index is 0.384. The molecule has 6 nitrogen and oxygen atoms in total. The molecule has 0 bridgehead atoms. The SMILES string of the molecule is c1coc(-c2nc(-c3ccnc(N4CCCC4)c3)no2)c1. The standard InChI is InChI=1S/C15H14N4O2/c1-2-8-19(7-1)13-10-11(5-6-16-13)14-17-15(21-18-14)12-4-3-9-20-12/h3-6,9-10H,1-2,7-8H2. The molecule has 3 aromatic heterocycles. The van der Waals surface area contributed by atoms with Crippen LogP contribution in [0.3, 0.4) is 0 Å². The third kappa shape index (κ3) is 2.29. The largest absolute Gasteiger partial charge is 0.459 e. The number of nitrogens with zero attached hydrogens (tertiary/aromatic N) is 4. The molecule has 3 aromatic rings. The lowest BCUT2D eigenvalue weighted by atomic mass is 10.2. The zero-order valence-corrected chi connectivity index (χ0v) is 11.4. The van der Waals surface area contributed by atoms with E-state index in [9.17, 15) is 0 Å². The molecule has 1 aliphatic heterocycles. The van der Waals surface area contributed by atoms with Crippen LogP contribution in [0.2, 0.25) is 0 Å². The maximum atomic E-state index is 5.26. The summed E-state index contributed by atoms with van der Waals surface area (Å²) in [6.07, 6.45) is 5.80. The predicted molar refractivity (Wildman–Crippen MR) is 76.7 cm³/mol. The second kappa shape index (κ2) is 5.05. The smallest absolute Gasteiger partial charge is 0.293 e. The maximum Gasteiger partial charge on any atom is 0.293 e. The van der Waals surface area contributed by atoms with Gasteiger partial charge in [-0.25, -0.2) is 4.98 Å². The fraction of sp³-hybridized carbons (Fsp3) is 0.267. The molecule has 6 heteroatoms. The van der Waals surface area contributed by atoms with Gasteiger partial charge >= 0.3 is 0 Å². The first-order valence-corrected chi connectivity index (χ1v) is 6.99. The van der Waals surface area contributed by atoms with Gasteiger partial charge in [0.05, 0.1) is 6.26 Å². The van der Waals surface area contributed by atoms with Crippen LogP contribution in [-0.2, 0) is 0 Å². The van der Waals surface area contributed by atoms with E-state index in [1.807, 2.05) is 12.1 Å². The first-order valence-electron chi connectivity index (χ1n) is 6.99. The minimum Gasteiger partial charge on any atom is -0.459 e. The average molecular weight is 282 g/mol. The van der Waals surface area contributed by atoms with E-state index in [1.165, 1.54) is 12.8 Å². The van der Waals surface area contributed by atoms with Gasteiger partial charge in [-0.2, -0.15) is 4.98 Å². The van der Waals surface area contributed by atoms with Crippen molar-refractivity contribution in [1.29, 1.82) is 0 Å². The lowest BCUT2D eigenvalue weighted by molar-refractivity contribution is 0.417. The molecule has 1 aliphatic rings. The Morgan fingerprint density at radius 2 is 2.05 bits per heavy atom. The van der Waals surface area contributed by atoms with E-state index in [0.29, 0.717) is 17.5 Å². The van der Waals surface area contributed by atoms with Gasteiger partial charge in [-0.15, -0.1) is 0 Å².